The number of hydrogen-bond acceptors (Lipinski definition) is 12. The fourth-order valence-corrected chi connectivity index (χ4v) is 3.48. The second-order valence-electron chi connectivity index (χ2n) is 7.13. The maximum atomic E-state index is 11.3. The highest BCUT2D eigenvalue weighted by molar-refractivity contribution is 6.29. The van der Waals surface area contributed by atoms with Gasteiger partial charge in [-0.15, -0.1) is 0 Å². The summed E-state index contributed by atoms with van der Waals surface area (Å²) < 4.78 is 7.98. The summed E-state index contributed by atoms with van der Waals surface area (Å²) in [7, 11) is 2.22. The number of carboxylic acid groups (broad SMARTS) is 8. The average Bonchev–Trinajstić information content (AvgIpc) is 2.80. The fourth-order valence-electron chi connectivity index (χ4n) is 3.48. The number of rotatable bonds is 8. The summed E-state index contributed by atoms with van der Waals surface area (Å²) in [4.78, 5) is 107. The summed E-state index contributed by atoms with van der Waals surface area (Å²) >= 11 is 0. The Morgan fingerprint density at radius 3 is 0.615 bits per heavy atom. The molecule has 0 spiro atoms. The van der Waals surface area contributed by atoms with Gasteiger partial charge in [0.2, 0.25) is 0 Å². The van der Waals surface area contributed by atoms with Crippen LogP contribution in [0, 0.1) is 35.5 Å². The summed E-state index contributed by atoms with van der Waals surface area (Å²) in [5, 5.41) is 70.3. The molecular weight excluding hydrogens is 548 g/mol. The van der Waals surface area contributed by atoms with Gasteiger partial charge in [-0.05, 0) is 0 Å². The molecule has 0 aliphatic heterocycles. The van der Waals surface area contributed by atoms with Crippen molar-refractivity contribution in [2.24, 2.45) is 35.5 Å². The van der Waals surface area contributed by atoms with Crippen molar-refractivity contribution < 1.29 is 98.3 Å². The number of ether oxygens (including phenoxy) is 2. The van der Waals surface area contributed by atoms with E-state index in [1.54, 1.807) is 0 Å². The van der Waals surface area contributed by atoms with Crippen molar-refractivity contribution in [1.82, 2.24) is 0 Å². The van der Waals surface area contributed by atoms with Crippen molar-refractivity contribution in [3.63, 3.8) is 0 Å². The first kappa shape index (κ1) is 35.9. The van der Waals surface area contributed by atoms with E-state index in [4.69, 9.17) is 40.9 Å². The van der Waals surface area contributed by atoms with E-state index >= 15 is 0 Å². The minimum absolute atomic E-state index is 0.806. The molecule has 1 saturated carbocycles. The molecule has 0 aromatic heterocycles. The lowest BCUT2D eigenvalue weighted by molar-refractivity contribution is -0.191. The van der Waals surface area contributed by atoms with Gasteiger partial charge in [-0.3, -0.25) is 38.4 Å². The van der Waals surface area contributed by atoms with Crippen LogP contribution in [0.2, 0.25) is 0 Å². The average molecular weight is 570 g/mol. The second kappa shape index (κ2) is 15.7. The van der Waals surface area contributed by atoms with E-state index in [-0.39, 0.29) is 0 Å². The van der Waals surface area contributed by atoms with E-state index in [1.165, 1.54) is 0 Å². The molecule has 0 saturated heterocycles. The molecule has 0 unspecified atom stereocenters. The van der Waals surface area contributed by atoms with E-state index < -0.39 is 102 Å². The van der Waals surface area contributed by atoms with Crippen molar-refractivity contribution >= 4 is 59.7 Å². The molecule has 1 aliphatic rings. The number of hydrogen-bond donors (Lipinski definition) is 8. The molecule has 0 amide bonds. The first-order valence-corrected chi connectivity index (χ1v) is 9.74. The van der Waals surface area contributed by atoms with Crippen LogP contribution in [0.5, 0.6) is 0 Å². The summed E-state index contributed by atoms with van der Waals surface area (Å²) in [5.74, 6) is -31.5. The molecule has 8 N–H and O–H groups in total. The van der Waals surface area contributed by atoms with Crippen LogP contribution in [0.4, 0.5) is 0 Å². The lowest BCUT2D eigenvalue weighted by Gasteiger charge is -2.42. The zero-order chi connectivity index (χ0) is 31.4. The molecule has 1 rings (SSSR count). The fraction of sp³-hybridized carbons (Fsp3) is 0.474. The van der Waals surface area contributed by atoms with Crippen molar-refractivity contribution in [3.05, 3.63) is 0 Å². The highest BCUT2D eigenvalue weighted by atomic mass is 16.6. The van der Waals surface area contributed by atoms with Gasteiger partial charge in [-0.1, -0.05) is 0 Å². The maximum Gasteiger partial charge on any atom is 0.417 e. The second-order valence-corrected chi connectivity index (χ2v) is 7.13. The van der Waals surface area contributed by atoms with Gasteiger partial charge in [-0.25, -0.2) is 9.59 Å². The van der Waals surface area contributed by atoms with Gasteiger partial charge in [0.1, 0.15) is 6.42 Å². The Labute approximate surface area is 215 Å². The topological polar surface area (TPSA) is 351 Å². The quantitative estimate of drug-likeness (QED) is 0.0822. The third kappa shape index (κ3) is 10.3. The summed E-state index contributed by atoms with van der Waals surface area (Å²) in [6.45, 7) is 0. The Balaban J connectivity index is 0. The number of esters is 2. The van der Waals surface area contributed by atoms with Gasteiger partial charge < -0.3 is 50.3 Å². The Morgan fingerprint density at radius 2 is 0.564 bits per heavy atom. The zero-order valence-electron chi connectivity index (χ0n) is 19.6. The maximum absolute atomic E-state index is 11.3. The third-order valence-electron chi connectivity index (χ3n) is 4.87. The number of carbonyl (C=O) groups excluding carboxylic acids is 2. The van der Waals surface area contributed by atoms with E-state index in [0.29, 0.717) is 0 Å². The first-order valence-electron chi connectivity index (χ1n) is 9.74. The molecule has 1 aliphatic carbocycles. The predicted octanol–water partition coefficient (Wildman–Crippen LogP) is -2.92. The highest BCUT2D eigenvalue weighted by Crippen LogP contribution is 2.47. The molecule has 0 bridgehead atoms. The number of methoxy groups -OCH3 is 2. The molecule has 20 nitrogen and oxygen atoms in total. The molecule has 218 valence electrons. The minimum Gasteiger partial charge on any atom is -0.481 e. The van der Waals surface area contributed by atoms with E-state index in [9.17, 15) is 47.9 Å². The first-order chi connectivity index (χ1) is 17.8. The van der Waals surface area contributed by atoms with E-state index in [2.05, 4.69) is 9.47 Å². The monoisotopic (exact) mass is 570 g/mol. The van der Waals surface area contributed by atoms with Gasteiger partial charge >= 0.3 is 59.7 Å². The molecule has 0 aromatic carbocycles. The lowest BCUT2D eigenvalue weighted by Crippen LogP contribution is -2.59. The Kier molecular flexibility index (Phi) is 14.5. The molecule has 1 fully saturated rings. The van der Waals surface area contributed by atoms with Crippen LogP contribution >= 0.6 is 0 Å². The smallest absolute Gasteiger partial charge is 0.417 e. The van der Waals surface area contributed by atoms with Crippen molar-refractivity contribution in [3.8, 4) is 0 Å². The van der Waals surface area contributed by atoms with Crippen LogP contribution in [-0.4, -0.2) is 115 Å². The predicted molar refractivity (Wildman–Crippen MR) is 111 cm³/mol. The standard InChI is InChI=1S/C12H12O12.C4H6O4.C3H4O4/c13-7(14)1-2(8(15)16)4(10(19)20)6(12(23)24)5(11(21)22)3(1)9(17)18;1-7-3(5)4(6)8-2;4-2(5)1-3(6)7/h1-6H,(H,13,14)(H,15,16)(H,17,18)(H,19,20)(H,21,22)(H,23,24);1-2H3;1H2,(H,4,5)(H,6,7). The third-order valence-corrected chi connectivity index (χ3v) is 4.87. The van der Waals surface area contributed by atoms with Crippen LogP contribution in [0.15, 0.2) is 0 Å². The lowest BCUT2D eigenvalue weighted by atomic mass is 9.56. The van der Waals surface area contributed by atoms with Crippen molar-refractivity contribution in [2.75, 3.05) is 14.2 Å². The molecule has 0 heterocycles. The van der Waals surface area contributed by atoms with E-state index in [1.807, 2.05) is 0 Å². The van der Waals surface area contributed by atoms with Gasteiger partial charge in [0.05, 0.1) is 49.7 Å². The van der Waals surface area contributed by atoms with Gasteiger partial charge in [0.25, 0.3) is 0 Å². The molecule has 0 radical (unpaired) electrons. The van der Waals surface area contributed by atoms with Gasteiger partial charge in [0.15, 0.2) is 0 Å². The SMILES string of the molecule is COC(=O)C(=O)OC.O=C(O)C1C(C(=O)O)C(C(=O)O)C(C(=O)O)C(C(=O)O)C1C(=O)O.O=C(O)CC(=O)O. The Bertz CT molecular complexity index is 848. The van der Waals surface area contributed by atoms with Gasteiger partial charge in [-0.2, -0.15) is 0 Å². The molecule has 0 atom stereocenters. The minimum atomic E-state index is -2.43. The largest absolute Gasteiger partial charge is 0.481 e. The molecule has 20 heteroatoms. The van der Waals surface area contributed by atoms with Crippen LogP contribution < -0.4 is 0 Å². The highest BCUT2D eigenvalue weighted by Gasteiger charge is 2.64. The Hall–Kier alpha value is -5.30. The number of carbonyl (C=O) groups is 10. The molecule has 39 heavy (non-hydrogen) atoms. The Morgan fingerprint density at radius 1 is 0.410 bits per heavy atom. The molecule has 0 aromatic rings. The summed E-state index contributed by atoms with van der Waals surface area (Å²) in [6, 6.07) is 0. The van der Waals surface area contributed by atoms with Crippen LogP contribution in [-0.2, 0) is 57.4 Å². The van der Waals surface area contributed by atoms with Gasteiger partial charge in [0, 0.05) is 0 Å². The van der Waals surface area contributed by atoms with Crippen LogP contribution in [0.25, 0.3) is 0 Å². The normalized spacial score (nSPS) is 23.0. The van der Waals surface area contributed by atoms with Crippen molar-refractivity contribution in [1.29, 1.82) is 0 Å². The van der Waals surface area contributed by atoms with E-state index in [0.717, 1.165) is 14.2 Å². The van der Waals surface area contributed by atoms with Crippen LogP contribution in [0.1, 0.15) is 6.42 Å². The summed E-state index contributed by atoms with van der Waals surface area (Å²) in [5.41, 5.74) is 0. The molecular formula is C19H22O20. The number of carboxylic acids is 8. The zero-order valence-corrected chi connectivity index (χ0v) is 19.6. The summed E-state index contributed by atoms with van der Waals surface area (Å²) in [6.07, 6.45) is -0.806. The van der Waals surface area contributed by atoms with Crippen molar-refractivity contribution in [2.45, 2.75) is 6.42 Å². The number of aliphatic carboxylic acids is 8. The van der Waals surface area contributed by atoms with Crippen LogP contribution in [0.3, 0.4) is 0 Å².